The molecule has 2 unspecified atom stereocenters. The van der Waals surface area contributed by atoms with Crippen LogP contribution in [-0.2, 0) is 0 Å². The molecule has 2 heterocycles. The molecule has 90 valence electrons. The number of nitrogens with two attached hydrogens (primary N) is 1. The first-order valence-electron chi connectivity index (χ1n) is 5.56. The molecular weight excluding hydrogens is 232 g/mol. The number of aryl methyl sites for hydroxylation is 1. The number of hydrogen-bond acceptors (Lipinski definition) is 4. The van der Waals surface area contributed by atoms with Gasteiger partial charge in [-0.2, -0.15) is 0 Å². The van der Waals surface area contributed by atoms with Crippen LogP contribution in [0.25, 0.3) is 0 Å². The number of aliphatic hydroxyl groups is 1. The first-order chi connectivity index (χ1) is 8.24. The molecule has 0 saturated heterocycles. The summed E-state index contributed by atoms with van der Waals surface area (Å²) in [5, 5.41) is 12.4. The van der Waals surface area contributed by atoms with Crippen molar-refractivity contribution in [3.8, 4) is 0 Å². The van der Waals surface area contributed by atoms with Crippen molar-refractivity contribution in [3.63, 3.8) is 0 Å². The summed E-state index contributed by atoms with van der Waals surface area (Å²) >= 11 is 1.57. The summed E-state index contributed by atoms with van der Waals surface area (Å²) in [4.78, 5) is 4.98. The lowest BCUT2D eigenvalue weighted by molar-refractivity contribution is 0.150. The molecule has 2 aromatic rings. The third-order valence-corrected chi connectivity index (χ3v) is 4.03. The maximum absolute atomic E-state index is 10.4. The average molecular weight is 248 g/mol. The predicted octanol–water partition coefficient (Wildman–Crippen LogP) is 2.23. The quantitative estimate of drug-likeness (QED) is 0.872. The lowest BCUT2D eigenvalue weighted by Crippen LogP contribution is -2.20. The fourth-order valence-corrected chi connectivity index (χ4v) is 2.90. The van der Waals surface area contributed by atoms with E-state index in [0.717, 1.165) is 16.0 Å². The summed E-state index contributed by atoms with van der Waals surface area (Å²) in [6.45, 7) is 2.43. The second-order valence-corrected chi connectivity index (χ2v) is 4.98. The third kappa shape index (κ3) is 2.54. The van der Waals surface area contributed by atoms with Gasteiger partial charge in [0.2, 0.25) is 0 Å². The van der Waals surface area contributed by atoms with E-state index in [2.05, 4.69) is 4.98 Å². The number of nitrogens with zero attached hydrogens (tertiary/aromatic N) is 1. The fraction of sp³-hybridized carbons (Fsp3) is 0.308. The second kappa shape index (κ2) is 5.40. The monoisotopic (exact) mass is 248 g/mol. The van der Waals surface area contributed by atoms with Crippen molar-refractivity contribution >= 4 is 11.3 Å². The minimum Gasteiger partial charge on any atom is -0.387 e. The number of pyridine rings is 1. The normalized spacial score (nSPS) is 14.5. The highest BCUT2D eigenvalue weighted by molar-refractivity contribution is 7.10. The van der Waals surface area contributed by atoms with Crippen molar-refractivity contribution in [2.75, 3.05) is 6.54 Å². The molecule has 0 fully saturated rings. The standard InChI is InChI=1S/C13H16N2OS/c1-9-4-7-17-13(9)12(16)11(8-14)10-2-5-15-6-3-10/h2-7,11-12,16H,8,14H2,1H3. The van der Waals surface area contributed by atoms with Gasteiger partial charge in [-0.25, -0.2) is 0 Å². The zero-order chi connectivity index (χ0) is 12.3. The molecule has 2 aromatic heterocycles. The molecule has 0 aliphatic carbocycles. The van der Waals surface area contributed by atoms with Gasteiger partial charge < -0.3 is 10.8 Å². The lowest BCUT2D eigenvalue weighted by Gasteiger charge is -2.21. The molecule has 2 atom stereocenters. The van der Waals surface area contributed by atoms with Crippen LogP contribution in [0.1, 0.15) is 28.0 Å². The van der Waals surface area contributed by atoms with Gasteiger partial charge in [-0.1, -0.05) is 0 Å². The highest BCUT2D eigenvalue weighted by Crippen LogP contribution is 2.34. The van der Waals surface area contributed by atoms with Gasteiger partial charge in [-0.05, 0) is 41.6 Å². The Morgan fingerprint density at radius 2 is 2.06 bits per heavy atom. The van der Waals surface area contributed by atoms with Crippen LogP contribution in [0.5, 0.6) is 0 Å². The Balaban J connectivity index is 2.28. The molecule has 0 aromatic carbocycles. The second-order valence-electron chi connectivity index (χ2n) is 4.04. The molecule has 0 aliphatic heterocycles. The Kier molecular flexibility index (Phi) is 3.89. The van der Waals surface area contributed by atoms with Crippen LogP contribution in [0.4, 0.5) is 0 Å². The van der Waals surface area contributed by atoms with Gasteiger partial charge >= 0.3 is 0 Å². The van der Waals surface area contributed by atoms with Gasteiger partial charge in [0, 0.05) is 29.7 Å². The molecule has 0 radical (unpaired) electrons. The molecule has 0 saturated carbocycles. The number of hydrogen-bond donors (Lipinski definition) is 2. The van der Waals surface area contributed by atoms with Crippen molar-refractivity contribution in [1.82, 2.24) is 4.98 Å². The first-order valence-corrected chi connectivity index (χ1v) is 6.44. The van der Waals surface area contributed by atoms with Crippen LogP contribution in [0, 0.1) is 6.92 Å². The lowest BCUT2D eigenvalue weighted by atomic mass is 9.92. The van der Waals surface area contributed by atoms with Crippen LogP contribution >= 0.6 is 11.3 Å². The van der Waals surface area contributed by atoms with E-state index in [1.807, 2.05) is 30.5 Å². The van der Waals surface area contributed by atoms with E-state index in [1.54, 1.807) is 23.7 Å². The van der Waals surface area contributed by atoms with E-state index in [-0.39, 0.29) is 5.92 Å². The highest BCUT2D eigenvalue weighted by Gasteiger charge is 2.23. The summed E-state index contributed by atoms with van der Waals surface area (Å²) in [6, 6.07) is 5.83. The van der Waals surface area contributed by atoms with Crippen molar-refractivity contribution in [2.45, 2.75) is 18.9 Å². The highest BCUT2D eigenvalue weighted by atomic mass is 32.1. The molecule has 17 heavy (non-hydrogen) atoms. The van der Waals surface area contributed by atoms with Crippen LogP contribution in [0.2, 0.25) is 0 Å². The van der Waals surface area contributed by atoms with Crippen LogP contribution < -0.4 is 5.73 Å². The maximum Gasteiger partial charge on any atom is 0.0965 e. The fourth-order valence-electron chi connectivity index (χ4n) is 1.93. The van der Waals surface area contributed by atoms with Crippen molar-refractivity contribution in [3.05, 3.63) is 52.0 Å². The molecular formula is C13H16N2OS. The Morgan fingerprint density at radius 3 is 2.59 bits per heavy atom. The summed E-state index contributed by atoms with van der Waals surface area (Å²) < 4.78 is 0. The van der Waals surface area contributed by atoms with Crippen molar-refractivity contribution < 1.29 is 5.11 Å². The minimum atomic E-state index is -0.539. The Hall–Kier alpha value is -1.23. The number of aliphatic hydroxyl groups excluding tert-OH is 1. The summed E-state index contributed by atoms with van der Waals surface area (Å²) in [5.74, 6) is -0.0738. The van der Waals surface area contributed by atoms with E-state index in [1.165, 1.54) is 0 Å². The van der Waals surface area contributed by atoms with E-state index < -0.39 is 6.10 Å². The number of thiophene rings is 1. The predicted molar refractivity (Wildman–Crippen MR) is 70.0 cm³/mol. The first kappa shape index (κ1) is 12.2. The Bertz CT molecular complexity index is 469. The van der Waals surface area contributed by atoms with Crippen LogP contribution in [0.3, 0.4) is 0 Å². The zero-order valence-electron chi connectivity index (χ0n) is 9.71. The van der Waals surface area contributed by atoms with Crippen molar-refractivity contribution in [1.29, 1.82) is 0 Å². The van der Waals surface area contributed by atoms with Crippen LogP contribution in [0.15, 0.2) is 36.0 Å². The third-order valence-electron chi connectivity index (χ3n) is 2.94. The zero-order valence-corrected chi connectivity index (χ0v) is 10.5. The van der Waals surface area contributed by atoms with Crippen molar-refractivity contribution in [2.24, 2.45) is 5.73 Å². The maximum atomic E-state index is 10.4. The Morgan fingerprint density at radius 1 is 1.35 bits per heavy atom. The molecule has 0 aliphatic rings. The summed E-state index contributed by atoms with van der Waals surface area (Å²) in [5.41, 5.74) is 7.94. The van der Waals surface area contributed by atoms with Gasteiger partial charge in [0.1, 0.15) is 0 Å². The number of aromatic nitrogens is 1. The Labute approximate surface area is 105 Å². The summed E-state index contributed by atoms with van der Waals surface area (Å²) in [7, 11) is 0. The average Bonchev–Trinajstić information content (AvgIpc) is 2.77. The van der Waals surface area contributed by atoms with Gasteiger partial charge in [0.25, 0.3) is 0 Å². The van der Waals surface area contributed by atoms with E-state index in [9.17, 15) is 5.11 Å². The number of rotatable bonds is 4. The van der Waals surface area contributed by atoms with Gasteiger partial charge in [-0.3, -0.25) is 4.98 Å². The molecule has 3 nitrogen and oxygen atoms in total. The van der Waals surface area contributed by atoms with E-state index >= 15 is 0 Å². The molecule has 0 spiro atoms. The van der Waals surface area contributed by atoms with Gasteiger partial charge in [-0.15, -0.1) is 11.3 Å². The van der Waals surface area contributed by atoms with E-state index in [0.29, 0.717) is 6.54 Å². The summed E-state index contributed by atoms with van der Waals surface area (Å²) in [6.07, 6.45) is 2.92. The molecule has 0 bridgehead atoms. The largest absolute Gasteiger partial charge is 0.387 e. The van der Waals surface area contributed by atoms with E-state index in [4.69, 9.17) is 5.73 Å². The van der Waals surface area contributed by atoms with Gasteiger partial charge in [0.05, 0.1) is 6.10 Å². The SMILES string of the molecule is Cc1ccsc1C(O)C(CN)c1ccncc1. The topological polar surface area (TPSA) is 59.1 Å². The minimum absolute atomic E-state index is 0.0738. The molecule has 0 amide bonds. The molecule has 2 rings (SSSR count). The van der Waals surface area contributed by atoms with Crippen LogP contribution in [-0.4, -0.2) is 16.6 Å². The molecule has 3 N–H and O–H groups in total. The smallest absolute Gasteiger partial charge is 0.0965 e. The molecule has 4 heteroatoms. The van der Waals surface area contributed by atoms with Gasteiger partial charge in [0.15, 0.2) is 0 Å².